The van der Waals surface area contributed by atoms with Crippen molar-refractivity contribution in [2.24, 2.45) is 5.92 Å². The molecular weight excluding hydrogens is 298 g/mol. The maximum absolute atomic E-state index is 12.4. The van der Waals surface area contributed by atoms with Gasteiger partial charge in [-0.25, -0.2) is 0 Å². The lowest BCUT2D eigenvalue weighted by atomic mass is 10.1. The van der Waals surface area contributed by atoms with Gasteiger partial charge in [0.15, 0.2) is 0 Å². The summed E-state index contributed by atoms with van der Waals surface area (Å²) in [5.74, 6) is 0.745. The smallest absolute Gasteiger partial charge is 0.255 e. The van der Waals surface area contributed by atoms with Crippen LogP contribution >= 0.6 is 28.6 Å². The first kappa shape index (κ1) is 13.0. The van der Waals surface area contributed by atoms with E-state index in [4.69, 9.17) is 0 Å². The molecule has 92 valence electrons. The largest absolute Gasteiger partial charge is 0.339 e. The molecule has 1 atom stereocenters. The van der Waals surface area contributed by atoms with Gasteiger partial charge in [-0.2, -0.15) is 0 Å². The molecule has 0 bridgehead atoms. The van der Waals surface area contributed by atoms with Gasteiger partial charge in [0.2, 0.25) is 0 Å². The van der Waals surface area contributed by atoms with Crippen LogP contribution in [0.15, 0.2) is 27.6 Å². The molecule has 0 radical (unpaired) electrons. The molecule has 1 aliphatic carbocycles. The second-order valence-corrected chi connectivity index (χ2v) is 6.03. The van der Waals surface area contributed by atoms with E-state index in [-0.39, 0.29) is 5.91 Å². The van der Waals surface area contributed by atoms with Crippen LogP contribution in [0.5, 0.6) is 0 Å². The quantitative estimate of drug-likeness (QED) is 0.845. The second-order valence-electron chi connectivity index (χ2n) is 4.66. The molecular formula is C13H16BrNOS. The lowest BCUT2D eigenvalue weighted by Gasteiger charge is -2.25. The van der Waals surface area contributed by atoms with Crippen LogP contribution in [0.1, 0.15) is 30.1 Å². The van der Waals surface area contributed by atoms with Gasteiger partial charge in [0.25, 0.3) is 5.91 Å². The van der Waals surface area contributed by atoms with Gasteiger partial charge in [-0.1, -0.05) is 0 Å². The Kier molecular flexibility index (Phi) is 3.83. The van der Waals surface area contributed by atoms with Crippen molar-refractivity contribution in [1.82, 2.24) is 4.90 Å². The third kappa shape index (κ3) is 2.86. The maximum atomic E-state index is 12.4. The fourth-order valence-electron chi connectivity index (χ4n) is 1.95. The summed E-state index contributed by atoms with van der Waals surface area (Å²) < 4.78 is 0.829. The summed E-state index contributed by atoms with van der Waals surface area (Å²) in [4.78, 5) is 15.0. The van der Waals surface area contributed by atoms with E-state index in [0.29, 0.717) is 17.5 Å². The fraction of sp³-hybridized carbons (Fsp3) is 0.462. The molecule has 4 heteroatoms. The highest BCUT2D eigenvalue weighted by Crippen LogP contribution is 2.35. The Morgan fingerprint density at radius 3 is 2.76 bits per heavy atom. The van der Waals surface area contributed by atoms with Crippen molar-refractivity contribution in [1.29, 1.82) is 0 Å². The first-order valence-electron chi connectivity index (χ1n) is 5.76. The number of carbonyl (C=O) groups is 1. The molecule has 17 heavy (non-hydrogen) atoms. The maximum Gasteiger partial charge on any atom is 0.255 e. The van der Waals surface area contributed by atoms with Crippen LogP contribution < -0.4 is 0 Å². The summed E-state index contributed by atoms with van der Waals surface area (Å²) in [7, 11) is 1.88. The summed E-state index contributed by atoms with van der Waals surface area (Å²) in [6.45, 7) is 2.12. The van der Waals surface area contributed by atoms with Gasteiger partial charge < -0.3 is 4.90 Å². The second kappa shape index (κ2) is 5.02. The predicted molar refractivity (Wildman–Crippen MR) is 75.7 cm³/mol. The molecule has 2 rings (SSSR count). The molecule has 1 unspecified atom stereocenters. The number of amides is 1. The minimum absolute atomic E-state index is 0.0622. The Morgan fingerprint density at radius 2 is 2.18 bits per heavy atom. The zero-order valence-corrected chi connectivity index (χ0v) is 12.5. The highest BCUT2D eigenvalue weighted by molar-refractivity contribution is 9.10. The molecule has 1 aromatic carbocycles. The van der Waals surface area contributed by atoms with Crippen LogP contribution in [0.3, 0.4) is 0 Å². The summed E-state index contributed by atoms with van der Waals surface area (Å²) in [5.41, 5.74) is 0.688. The van der Waals surface area contributed by atoms with E-state index in [2.05, 4.69) is 35.5 Å². The van der Waals surface area contributed by atoms with Crippen LogP contribution in [-0.2, 0) is 0 Å². The number of nitrogens with zero attached hydrogens (tertiary/aromatic N) is 1. The van der Waals surface area contributed by atoms with Crippen molar-refractivity contribution in [2.45, 2.75) is 30.7 Å². The van der Waals surface area contributed by atoms with Gasteiger partial charge in [-0.3, -0.25) is 4.79 Å². The monoisotopic (exact) mass is 313 g/mol. The van der Waals surface area contributed by atoms with Crippen LogP contribution in [0.25, 0.3) is 0 Å². The van der Waals surface area contributed by atoms with Gasteiger partial charge in [-0.15, -0.1) is 12.6 Å². The van der Waals surface area contributed by atoms with Crippen LogP contribution in [0.2, 0.25) is 0 Å². The van der Waals surface area contributed by atoms with Crippen molar-refractivity contribution in [3.63, 3.8) is 0 Å². The van der Waals surface area contributed by atoms with Crippen LogP contribution in [0, 0.1) is 5.92 Å². The minimum atomic E-state index is 0.0622. The topological polar surface area (TPSA) is 20.3 Å². The molecule has 0 spiro atoms. The summed E-state index contributed by atoms with van der Waals surface area (Å²) >= 11 is 7.70. The number of hydrogen-bond acceptors (Lipinski definition) is 2. The molecule has 0 saturated heterocycles. The van der Waals surface area contributed by atoms with E-state index in [1.165, 1.54) is 12.8 Å². The van der Waals surface area contributed by atoms with Crippen molar-refractivity contribution in [2.75, 3.05) is 7.05 Å². The SMILES string of the molecule is CC(C1CC1)N(C)C(=O)c1cc(S)ccc1Br. The van der Waals surface area contributed by atoms with Crippen molar-refractivity contribution in [3.05, 3.63) is 28.2 Å². The molecule has 0 aliphatic heterocycles. The molecule has 1 fully saturated rings. The van der Waals surface area contributed by atoms with E-state index in [1.54, 1.807) is 0 Å². The number of carbonyl (C=O) groups excluding carboxylic acids is 1. The van der Waals surface area contributed by atoms with Crippen molar-refractivity contribution < 1.29 is 4.79 Å². The van der Waals surface area contributed by atoms with Crippen LogP contribution in [-0.4, -0.2) is 23.9 Å². The highest BCUT2D eigenvalue weighted by atomic mass is 79.9. The van der Waals surface area contributed by atoms with Gasteiger partial charge in [-0.05, 0) is 59.8 Å². The summed E-state index contributed by atoms with van der Waals surface area (Å²) in [5, 5.41) is 0. The van der Waals surface area contributed by atoms with Crippen molar-refractivity contribution in [3.8, 4) is 0 Å². The Balaban J connectivity index is 2.20. The molecule has 0 heterocycles. The minimum Gasteiger partial charge on any atom is -0.339 e. The van der Waals surface area contributed by atoms with E-state index >= 15 is 0 Å². The fourth-order valence-corrected chi connectivity index (χ4v) is 2.57. The van der Waals surface area contributed by atoms with Gasteiger partial charge in [0.1, 0.15) is 0 Å². The summed E-state index contributed by atoms with van der Waals surface area (Å²) in [6, 6.07) is 5.86. The first-order chi connectivity index (χ1) is 8.00. The Labute approximate surface area is 116 Å². The molecule has 1 aromatic rings. The number of benzene rings is 1. The third-order valence-corrected chi connectivity index (χ3v) is 4.39. The van der Waals surface area contributed by atoms with E-state index < -0.39 is 0 Å². The molecule has 1 saturated carbocycles. The van der Waals surface area contributed by atoms with E-state index in [1.807, 2.05) is 30.1 Å². The van der Waals surface area contributed by atoms with E-state index in [0.717, 1.165) is 9.37 Å². The highest BCUT2D eigenvalue weighted by Gasteiger charge is 2.33. The lowest BCUT2D eigenvalue weighted by molar-refractivity contribution is 0.0726. The lowest BCUT2D eigenvalue weighted by Crippen LogP contribution is -2.36. The van der Waals surface area contributed by atoms with Gasteiger partial charge >= 0.3 is 0 Å². The number of thiol groups is 1. The zero-order chi connectivity index (χ0) is 12.6. The van der Waals surface area contributed by atoms with Gasteiger partial charge in [0.05, 0.1) is 5.56 Å². The first-order valence-corrected chi connectivity index (χ1v) is 7.00. The van der Waals surface area contributed by atoms with Crippen molar-refractivity contribution >= 4 is 34.5 Å². The van der Waals surface area contributed by atoms with Gasteiger partial charge in [0, 0.05) is 22.5 Å². The zero-order valence-electron chi connectivity index (χ0n) is 9.98. The number of halogens is 1. The molecule has 1 aliphatic rings. The normalized spacial score (nSPS) is 16.7. The Hall–Kier alpha value is -0.480. The Morgan fingerprint density at radius 1 is 1.53 bits per heavy atom. The average Bonchev–Trinajstić information content (AvgIpc) is 3.13. The molecule has 1 amide bonds. The Bertz CT molecular complexity index is 445. The predicted octanol–water partition coefficient (Wildman–Crippen LogP) is 3.61. The molecule has 0 aromatic heterocycles. The number of hydrogen-bond donors (Lipinski definition) is 1. The average molecular weight is 314 g/mol. The molecule has 2 nitrogen and oxygen atoms in total. The molecule has 0 N–H and O–H groups in total. The third-order valence-electron chi connectivity index (χ3n) is 3.42. The van der Waals surface area contributed by atoms with Crippen LogP contribution in [0.4, 0.5) is 0 Å². The number of rotatable bonds is 3. The van der Waals surface area contributed by atoms with E-state index in [9.17, 15) is 4.79 Å². The standard InChI is InChI=1S/C13H16BrNOS/c1-8(9-3-4-9)15(2)13(16)11-7-10(17)5-6-12(11)14/h5-9,17H,3-4H2,1-2H3. The summed E-state index contributed by atoms with van der Waals surface area (Å²) in [6.07, 6.45) is 2.49.